The lowest BCUT2D eigenvalue weighted by Crippen LogP contribution is -1.99. The molecule has 0 saturated heterocycles. The van der Waals surface area contributed by atoms with Crippen molar-refractivity contribution in [3.8, 4) is 0 Å². The van der Waals surface area contributed by atoms with E-state index in [4.69, 9.17) is 0 Å². The van der Waals surface area contributed by atoms with Gasteiger partial charge in [-0.2, -0.15) is 0 Å². The molecule has 0 saturated carbocycles. The third kappa shape index (κ3) is 2.20. The van der Waals surface area contributed by atoms with Gasteiger partial charge in [0.2, 0.25) is 3.83 Å². The van der Waals surface area contributed by atoms with Gasteiger partial charge in [0.05, 0.1) is 6.67 Å². The maximum atomic E-state index is 11.6. The Morgan fingerprint density at radius 1 is 1.70 bits per heavy atom. The van der Waals surface area contributed by atoms with Crippen molar-refractivity contribution >= 4 is 22.6 Å². The van der Waals surface area contributed by atoms with Crippen LogP contribution in [0.5, 0.6) is 0 Å². The van der Waals surface area contributed by atoms with Crippen LogP contribution >= 0.6 is 22.6 Å². The molecule has 10 heavy (non-hydrogen) atoms. The van der Waals surface area contributed by atoms with Gasteiger partial charge in [-0.1, -0.05) is 0 Å². The molecule has 0 amide bonds. The van der Waals surface area contributed by atoms with E-state index in [1.807, 2.05) is 22.6 Å². The van der Waals surface area contributed by atoms with E-state index in [0.29, 0.717) is 16.8 Å². The average Bonchev–Trinajstić information content (AvgIpc) is 2.31. The van der Waals surface area contributed by atoms with Crippen LogP contribution < -0.4 is 0 Å². The summed E-state index contributed by atoms with van der Waals surface area (Å²) >= 11 is 2.02. The highest BCUT2D eigenvalue weighted by Crippen LogP contribution is 1.95. The van der Waals surface area contributed by atoms with E-state index in [1.165, 1.54) is 0 Å². The molecule has 1 heterocycles. The Morgan fingerprint density at radius 2 is 2.50 bits per heavy atom. The molecule has 0 N–H and O–H groups in total. The van der Waals surface area contributed by atoms with Gasteiger partial charge in [0, 0.05) is 29.1 Å². The van der Waals surface area contributed by atoms with Gasteiger partial charge >= 0.3 is 0 Å². The molecule has 0 aromatic carbocycles. The SMILES string of the molecule is FCCCn1cnc(I)n1. The third-order valence-corrected chi connectivity index (χ3v) is 1.52. The van der Waals surface area contributed by atoms with Crippen molar-refractivity contribution < 1.29 is 4.39 Å². The topological polar surface area (TPSA) is 30.7 Å². The number of rotatable bonds is 3. The van der Waals surface area contributed by atoms with Gasteiger partial charge in [0.15, 0.2) is 0 Å². The summed E-state index contributed by atoms with van der Waals surface area (Å²) in [7, 11) is 0. The van der Waals surface area contributed by atoms with E-state index in [-0.39, 0.29) is 6.67 Å². The van der Waals surface area contributed by atoms with E-state index >= 15 is 0 Å². The summed E-state index contributed by atoms with van der Waals surface area (Å²) in [5.41, 5.74) is 0. The normalized spacial score (nSPS) is 10.2. The van der Waals surface area contributed by atoms with Crippen molar-refractivity contribution in [2.24, 2.45) is 0 Å². The first-order valence-electron chi connectivity index (χ1n) is 2.94. The van der Waals surface area contributed by atoms with Crippen molar-refractivity contribution in [2.75, 3.05) is 6.67 Å². The highest BCUT2D eigenvalue weighted by molar-refractivity contribution is 14.1. The molecule has 1 rings (SSSR count). The first kappa shape index (κ1) is 7.90. The Morgan fingerprint density at radius 3 is 3.00 bits per heavy atom. The van der Waals surface area contributed by atoms with Gasteiger partial charge in [0.1, 0.15) is 6.33 Å². The molecule has 0 aliphatic carbocycles. The predicted molar refractivity (Wildman–Crippen MR) is 43.3 cm³/mol. The van der Waals surface area contributed by atoms with Crippen molar-refractivity contribution in [1.29, 1.82) is 0 Å². The fourth-order valence-corrected chi connectivity index (χ4v) is 1.00. The zero-order chi connectivity index (χ0) is 7.40. The lowest BCUT2D eigenvalue weighted by atomic mass is 10.5. The summed E-state index contributed by atoms with van der Waals surface area (Å²) in [5.74, 6) is 0. The molecule has 0 aliphatic heterocycles. The minimum Gasteiger partial charge on any atom is -0.252 e. The minimum absolute atomic E-state index is 0.295. The summed E-state index contributed by atoms with van der Waals surface area (Å²) in [6, 6.07) is 0. The van der Waals surface area contributed by atoms with Crippen LogP contribution in [0.2, 0.25) is 0 Å². The number of hydrogen-bond donors (Lipinski definition) is 0. The van der Waals surface area contributed by atoms with Gasteiger partial charge in [-0.25, -0.2) is 4.98 Å². The molecule has 1 aromatic rings. The van der Waals surface area contributed by atoms with Crippen LogP contribution in [-0.2, 0) is 6.54 Å². The second-order valence-electron chi connectivity index (χ2n) is 1.82. The summed E-state index contributed by atoms with van der Waals surface area (Å²) in [6.45, 7) is 0.322. The molecule has 1 aromatic heterocycles. The maximum Gasteiger partial charge on any atom is 0.211 e. The molecule has 0 aliphatic rings. The molecule has 5 heteroatoms. The van der Waals surface area contributed by atoms with E-state index in [2.05, 4.69) is 10.1 Å². The molecular weight excluding hydrogens is 248 g/mol. The van der Waals surface area contributed by atoms with E-state index < -0.39 is 0 Å². The Hall–Kier alpha value is -0.200. The lowest BCUT2D eigenvalue weighted by molar-refractivity contribution is 0.434. The summed E-state index contributed by atoms with van der Waals surface area (Å²) in [6.07, 6.45) is 2.12. The highest BCUT2D eigenvalue weighted by Gasteiger charge is 1.94. The number of alkyl halides is 1. The largest absolute Gasteiger partial charge is 0.252 e. The Kier molecular flexibility index (Phi) is 3.04. The second-order valence-corrected chi connectivity index (χ2v) is 2.78. The molecule has 0 spiro atoms. The summed E-state index contributed by atoms with van der Waals surface area (Å²) in [5, 5.41) is 3.97. The van der Waals surface area contributed by atoms with Crippen molar-refractivity contribution in [3.63, 3.8) is 0 Å². The van der Waals surface area contributed by atoms with Gasteiger partial charge in [-0.3, -0.25) is 9.07 Å². The Labute approximate surface area is 71.8 Å². The number of hydrogen-bond acceptors (Lipinski definition) is 2. The van der Waals surface area contributed by atoms with Crippen LogP contribution in [0.25, 0.3) is 0 Å². The fraction of sp³-hybridized carbons (Fsp3) is 0.600. The summed E-state index contributed by atoms with van der Waals surface area (Å²) < 4.78 is 14.0. The van der Waals surface area contributed by atoms with Crippen LogP contribution in [-0.4, -0.2) is 21.4 Å². The molecule has 56 valence electrons. The minimum atomic E-state index is -0.295. The number of nitrogens with zero attached hydrogens (tertiary/aromatic N) is 3. The summed E-state index contributed by atoms with van der Waals surface area (Å²) in [4.78, 5) is 3.89. The molecule has 0 radical (unpaired) electrons. The van der Waals surface area contributed by atoms with Crippen LogP contribution in [0.15, 0.2) is 6.33 Å². The fourth-order valence-electron chi connectivity index (χ4n) is 0.601. The number of aryl methyl sites for hydroxylation is 1. The first-order valence-corrected chi connectivity index (χ1v) is 4.01. The highest BCUT2D eigenvalue weighted by atomic mass is 127. The van der Waals surface area contributed by atoms with Crippen LogP contribution in [0.1, 0.15) is 6.42 Å². The van der Waals surface area contributed by atoms with Gasteiger partial charge in [-0.15, -0.1) is 5.10 Å². The number of aromatic nitrogens is 3. The van der Waals surface area contributed by atoms with E-state index in [0.717, 1.165) is 0 Å². The lowest BCUT2D eigenvalue weighted by Gasteiger charge is -1.93. The monoisotopic (exact) mass is 255 g/mol. The van der Waals surface area contributed by atoms with Crippen molar-refractivity contribution in [2.45, 2.75) is 13.0 Å². The van der Waals surface area contributed by atoms with Crippen LogP contribution in [0.3, 0.4) is 0 Å². The standard InChI is InChI=1S/C5H7FIN3/c6-2-1-3-10-4-8-5(7)9-10/h4H,1-3H2. The predicted octanol–water partition coefficient (Wildman–Crippen LogP) is 1.24. The zero-order valence-electron chi connectivity index (χ0n) is 5.30. The van der Waals surface area contributed by atoms with Crippen LogP contribution in [0, 0.1) is 3.83 Å². The first-order chi connectivity index (χ1) is 4.83. The van der Waals surface area contributed by atoms with E-state index in [9.17, 15) is 4.39 Å². The van der Waals surface area contributed by atoms with Gasteiger partial charge < -0.3 is 0 Å². The maximum absolute atomic E-state index is 11.6. The Balaban J connectivity index is 2.42. The molecule has 0 unspecified atom stereocenters. The average molecular weight is 255 g/mol. The van der Waals surface area contributed by atoms with Gasteiger partial charge in [-0.05, 0) is 6.42 Å². The van der Waals surface area contributed by atoms with Crippen LogP contribution in [0.4, 0.5) is 4.39 Å². The zero-order valence-corrected chi connectivity index (χ0v) is 7.45. The third-order valence-electron chi connectivity index (χ3n) is 1.03. The quantitative estimate of drug-likeness (QED) is 0.761. The van der Waals surface area contributed by atoms with Crippen molar-refractivity contribution in [3.05, 3.63) is 10.2 Å². The number of halogens is 2. The van der Waals surface area contributed by atoms with E-state index in [1.54, 1.807) is 11.0 Å². The molecule has 0 fully saturated rings. The Bertz CT molecular complexity index is 201. The molecule has 0 atom stereocenters. The second kappa shape index (κ2) is 3.85. The van der Waals surface area contributed by atoms with Crippen molar-refractivity contribution in [1.82, 2.24) is 14.8 Å². The van der Waals surface area contributed by atoms with Gasteiger partial charge in [0.25, 0.3) is 0 Å². The molecular formula is C5H7FIN3. The smallest absolute Gasteiger partial charge is 0.211 e. The molecule has 3 nitrogen and oxygen atoms in total. The molecule has 0 bridgehead atoms.